The first-order chi connectivity index (χ1) is 63.0. The first-order valence-electron chi connectivity index (χ1n) is 41.6. The lowest BCUT2D eigenvalue weighted by Crippen LogP contribution is -2.33. The molecule has 3 aliphatic heterocycles. The number of nitrogens with one attached hydrogen (secondary N) is 3. The normalized spacial score (nSPS) is 18.3. The second kappa shape index (κ2) is 58.5. The van der Waals surface area contributed by atoms with Crippen LogP contribution >= 0.6 is 31.3 Å². The number of carbonyl (C=O) groups is 3. The van der Waals surface area contributed by atoms with Crippen molar-refractivity contribution < 1.29 is 180 Å². The molecule has 13 N–H and O–H groups in total. The highest BCUT2D eigenvalue weighted by Crippen LogP contribution is 2.51. The van der Waals surface area contributed by atoms with E-state index in [4.69, 9.17) is 118 Å². The Bertz CT molecular complexity index is 4930. The van der Waals surface area contributed by atoms with E-state index in [2.05, 4.69) is 20.6 Å². The van der Waals surface area contributed by atoms with Crippen LogP contribution in [0.3, 0.4) is 0 Å². The molecular formula is C78H113N7O42P4. The fourth-order valence-corrected chi connectivity index (χ4v) is 15.3. The zero-order chi connectivity index (χ0) is 94.3. The quantitative estimate of drug-likeness (QED) is 0.0113. The predicted octanol–water partition coefficient (Wildman–Crippen LogP) is 2.81. The number of phenolic OH excluding ortho intramolecular Hbond substituents is 1. The highest BCUT2D eigenvalue weighted by atomic mass is 31.2. The summed E-state index contributed by atoms with van der Waals surface area (Å²) >= 11 is 0. The number of aromatic nitrogens is 4. The lowest BCUT2D eigenvalue weighted by Gasteiger charge is -2.22. The number of rotatable bonds is 71. The molecule has 131 heavy (non-hydrogen) atoms. The zero-order valence-electron chi connectivity index (χ0n) is 71.5. The number of aliphatic hydroxyl groups is 2. The molecule has 8 rings (SSSR count). The minimum atomic E-state index is -5.10. The van der Waals surface area contributed by atoms with E-state index in [1.165, 1.54) is 60.8 Å². The largest absolute Gasteiger partial charge is 0.508 e. The number of aliphatic hydroxyl groups excluding tert-OH is 2. The number of unbranched alkanes of at least 4 members (excludes halogenated alkanes) is 3. The van der Waals surface area contributed by atoms with Gasteiger partial charge in [-0.2, -0.15) is 4.98 Å². The number of carbonyl (C=O) groups excluding carboxylic acids is 2. The van der Waals surface area contributed by atoms with Gasteiger partial charge in [-0.3, -0.25) is 69.5 Å². The second-order valence-corrected chi connectivity index (χ2v) is 33.9. The smallest absolute Gasteiger partial charge is 0.472 e. The molecule has 49 nitrogen and oxygen atoms in total. The molecule has 4 aromatic rings. The molecule has 10 atom stereocenters. The minimum absolute atomic E-state index is 0.00936. The van der Waals surface area contributed by atoms with Crippen LogP contribution in [0.2, 0.25) is 0 Å². The zero-order valence-corrected chi connectivity index (χ0v) is 75.1. The molecule has 2 aromatic heterocycles. The molecule has 5 heterocycles. The second-order valence-electron chi connectivity index (χ2n) is 28.1. The van der Waals surface area contributed by atoms with Gasteiger partial charge in [0, 0.05) is 78.6 Å². The number of hydrogen-bond donors (Lipinski definition) is 12. The van der Waals surface area contributed by atoms with Crippen LogP contribution in [0, 0.1) is 0 Å². The van der Waals surface area contributed by atoms with Gasteiger partial charge in [-0.25, -0.2) is 32.6 Å². The van der Waals surface area contributed by atoms with E-state index in [9.17, 15) is 86.7 Å². The highest BCUT2D eigenvalue weighted by Gasteiger charge is 2.44. The molecule has 2 aromatic carbocycles. The van der Waals surface area contributed by atoms with Crippen molar-refractivity contribution >= 4 is 71.9 Å². The fraction of sp³-hybridized carbons (Fsp3) is 0.590. The third-order valence-electron chi connectivity index (χ3n) is 18.5. The van der Waals surface area contributed by atoms with Gasteiger partial charge in [-0.15, -0.1) is 0 Å². The number of nitrogens with zero attached hydrogens (tertiary/aromatic N) is 3. The third kappa shape index (κ3) is 40.8. The topological polar surface area (TPSA) is 654 Å². The summed E-state index contributed by atoms with van der Waals surface area (Å²) in [6, 6.07) is 13.8. The van der Waals surface area contributed by atoms with Gasteiger partial charge in [0.05, 0.1) is 229 Å². The molecule has 53 heteroatoms. The van der Waals surface area contributed by atoms with Gasteiger partial charge >= 0.3 is 48.6 Å². The fourth-order valence-electron chi connectivity index (χ4n) is 12.3. The summed E-state index contributed by atoms with van der Waals surface area (Å²) in [7, 11) is -19.1. The molecule has 0 saturated carbocycles. The van der Waals surface area contributed by atoms with Crippen LogP contribution in [0.5, 0.6) is 5.75 Å². The number of fused-ring (bicyclic) bond motifs is 2. The Morgan fingerprint density at radius 2 is 0.992 bits per heavy atom. The minimum Gasteiger partial charge on any atom is -0.508 e. The van der Waals surface area contributed by atoms with Crippen molar-refractivity contribution in [1.82, 2.24) is 29.7 Å². The third-order valence-corrected chi connectivity index (χ3v) is 22.5. The Hall–Kier alpha value is -7.76. The number of anilines is 1. The monoisotopic (exact) mass is 1940 g/mol. The number of H-pyrrole nitrogens is 1. The van der Waals surface area contributed by atoms with E-state index in [1.807, 2.05) is 0 Å². The van der Waals surface area contributed by atoms with Crippen LogP contribution < -0.4 is 38.7 Å². The maximum absolute atomic E-state index is 13.5. The van der Waals surface area contributed by atoms with Crippen molar-refractivity contribution in [3.63, 3.8) is 0 Å². The average Bonchev–Trinajstić information content (AvgIpc) is 1.44. The van der Waals surface area contributed by atoms with Crippen LogP contribution in [0.1, 0.15) is 77.3 Å². The number of carboxylic acids is 1. The van der Waals surface area contributed by atoms with E-state index in [1.54, 1.807) is 6.07 Å². The summed E-state index contributed by atoms with van der Waals surface area (Å²) < 4.78 is 176. The van der Waals surface area contributed by atoms with E-state index < -0.39 is 142 Å². The number of hydrogen-bond acceptors (Lipinski definition) is 39. The van der Waals surface area contributed by atoms with Crippen LogP contribution in [0.25, 0.3) is 39.5 Å². The molecule has 1 aliphatic carbocycles. The molecule has 0 bridgehead atoms. The van der Waals surface area contributed by atoms with E-state index in [-0.39, 0.29) is 209 Å². The van der Waals surface area contributed by atoms with Gasteiger partial charge in [0.25, 0.3) is 11.5 Å². The van der Waals surface area contributed by atoms with E-state index >= 15 is 0 Å². The van der Waals surface area contributed by atoms with Gasteiger partial charge in [0.2, 0.25) is 5.91 Å². The number of aromatic amines is 1. The summed E-state index contributed by atoms with van der Waals surface area (Å²) in [5.74, 6) is -2.41. The Morgan fingerprint density at radius 1 is 0.527 bits per heavy atom. The first kappa shape index (κ1) is 109. The number of nitrogens with two attached hydrogens (primary N) is 1. The summed E-state index contributed by atoms with van der Waals surface area (Å²) in [5, 5.41) is 45.5. The molecule has 4 unspecified atom stereocenters. The average molecular weight is 1940 g/mol. The van der Waals surface area contributed by atoms with Gasteiger partial charge in [0.15, 0.2) is 5.43 Å². The maximum atomic E-state index is 13.5. The van der Waals surface area contributed by atoms with E-state index in [0.717, 1.165) is 27.5 Å². The number of carboxylic acid groups (broad SMARTS) is 1. The van der Waals surface area contributed by atoms with Crippen molar-refractivity contribution in [2.45, 2.75) is 75.4 Å². The van der Waals surface area contributed by atoms with Crippen molar-refractivity contribution in [2.75, 3.05) is 230 Å². The number of aromatic hydroxyl groups is 1. The molecule has 2 amide bonds. The van der Waals surface area contributed by atoms with E-state index in [0.29, 0.717) is 81.8 Å². The number of ether oxygens (including phenoxy) is 14. The molecule has 0 radical (unpaired) electrons. The number of nitrogen functional groups attached to an aromatic ring is 1. The summed E-state index contributed by atoms with van der Waals surface area (Å²) in [5.41, 5.74) is 3.36. The molecule has 2 saturated heterocycles. The number of phosphoric acid groups is 4. The van der Waals surface area contributed by atoms with Crippen molar-refractivity contribution in [1.29, 1.82) is 0 Å². The van der Waals surface area contributed by atoms with Crippen LogP contribution in [0.4, 0.5) is 5.82 Å². The number of phenols is 1. The molecule has 4 aliphatic rings. The molecule has 2 fully saturated rings. The van der Waals surface area contributed by atoms with Gasteiger partial charge in [-0.1, -0.05) is 12.8 Å². The van der Waals surface area contributed by atoms with Crippen LogP contribution in [-0.4, -0.2) is 326 Å². The van der Waals surface area contributed by atoms with Crippen molar-refractivity contribution in [2.24, 2.45) is 0 Å². The van der Waals surface area contributed by atoms with Crippen molar-refractivity contribution in [3.8, 4) is 28.2 Å². The van der Waals surface area contributed by atoms with Gasteiger partial charge < -0.3 is 127 Å². The highest BCUT2D eigenvalue weighted by molar-refractivity contribution is 7.48. The van der Waals surface area contributed by atoms with Crippen LogP contribution in [-0.2, 0) is 126 Å². The molecule has 0 spiro atoms. The lowest BCUT2D eigenvalue weighted by molar-refractivity contribution is -0.116. The Kier molecular flexibility index (Phi) is 48.5. The standard InChI is InChI=1S/C78H113N7O42P4/c79-69-13-16-84(77(95)82-69)71-50-63(89)67(125-71)53-122-129(99,100)119-44-39-115-35-36-116-41-46-121-131(103,104)127-66-51-72(126-68(66)54-123-130(101,102)120-45-40-114-34-31-111-28-25-108-24-27-110-30-33-113-38-43-118-128(97,98)117-42-37-112-32-29-109-26-23-107-22-21-106-20-19-105-18-17-86)85-52-56(75(92)83-78(85)96)6-12-70(90)80-14-3-1-2-4-15-81-74(91)55-5-9-59(76(93)94)62(47-55)73-60-10-7-57(87)48-64(60)124-65-49-58(88)8-11-61(65)73/h5-13,16,47-49,52,63,66-68,71-72,86-87,89H,1-4,14-15,17-46,50-51,53-54H2,(H,80,90)(H,81,91)(H,93,94)(H,97,98)(H,99,100)(H,101,102)(H,103,104)(H2,79,82,95)(H,83,92,96)/b12-6+/t63-,66-,67-,68-,71-,72-/m1/s1. The number of benzene rings is 3. The number of phosphoric ester groups is 4. The predicted molar refractivity (Wildman–Crippen MR) is 456 cm³/mol. The Labute approximate surface area is 749 Å². The molecule has 732 valence electrons. The summed E-state index contributed by atoms with van der Waals surface area (Å²) in [6.45, 7) is 0.448. The van der Waals surface area contributed by atoms with Crippen molar-refractivity contribution in [3.05, 3.63) is 137 Å². The van der Waals surface area contributed by atoms with Crippen LogP contribution in [0.15, 0.2) is 103 Å². The van der Waals surface area contributed by atoms with Gasteiger partial charge in [-0.05, 0) is 73.0 Å². The molecular weight excluding hydrogens is 1830 g/mol. The summed E-state index contributed by atoms with van der Waals surface area (Å²) in [4.78, 5) is 137. The maximum Gasteiger partial charge on any atom is 0.472 e. The number of amides is 2. The summed E-state index contributed by atoms with van der Waals surface area (Å²) in [6.07, 6.45) is -1.54. The van der Waals surface area contributed by atoms with Gasteiger partial charge in [0.1, 0.15) is 53.7 Å². The lowest BCUT2D eigenvalue weighted by atomic mass is 9.89. The Morgan fingerprint density at radius 3 is 1.50 bits per heavy atom. The Balaban J connectivity index is 0.706. The first-order valence-corrected chi connectivity index (χ1v) is 47.5. The SMILES string of the molecule is Nc1ccn([C@H]2C[C@@H](O)[C@@H](COP(=O)(O)OCCOCCOCCOP(=O)(O)O[C@@H]3C[C@H](n4cc(/C=C/C(=O)NCCCCCCNC(=O)c5ccc(C(=O)O)c(-c6c7ccc(=O)cc-7oc7cc(O)ccc67)c5)c(=O)[nH]c4=O)O[C@@H]3COP(=O)(O)OCCOCCOCCOCCOCCOCCOP(=O)(O)OCCOCCOCCOCCOCCOCCO)O2)c(=O)n1. The number of aromatic carboxylic acids is 1.